The van der Waals surface area contributed by atoms with E-state index in [4.69, 9.17) is 4.74 Å². The Hall–Kier alpha value is -3.81. The van der Waals surface area contributed by atoms with Crippen LogP contribution in [0.25, 0.3) is 10.9 Å². The molecule has 3 aromatic rings. The van der Waals surface area contributed by atoms with E-state index >= 15 is 0 Å². The number of carbonyl (C=O) groups is 3. The van der Waals surface area contributed by atoms with E-state index in [1.165, 1.54) is 5.56 Å². The number of hydrogen-bond acceptors (Lipinski definition) is 4. The summed E-state index contributed by atoms with van der Waals surface area (Å²) in [4.78, 5) is 46.6. The maximum atomic E-state index is 14.0. The highest BCUT2D eigenvalue weighted by molar-refractivity contribution is 5.89. The average Bonchev–Trinajstić information content (AvgIpc) is 3.46. The van der Waals surface area contributed by atoms with E-state index in [0.29, 0.717) is 19.5 Å². The molecule has 1 aliphatic heterocycles. The van der Waals surface area contributed by atoms with Crippen LogP contribution in [0.5, 0.6) is 0 Å². The number of likely N-dealkylation sites (N-methyl/N-ethyl adjacent to an activating group) is 1. The van der Waals surface area contributed by atoms with Gasteiger partial charge in [-0.3, -0.25) is 9.59 Å². The van der Waals surface area contributed by atoms with Crippen LogP contribution < -0.4 is 5.32 Å². The molecular formula is C32H40N4O4. The Bertz CT molecular complexity index is 1410. The van der Waals surface area contributed by atoms with Gasteiger partial charge in [0.1, 0.15) is 11.6 Å². The van der Waals surface area contributed by atoms with Crippen molar-refractivity contribution in [1.29, 1.82) is 0 Å². The number of carbonyl (C=O) groups excluding carboxylic acids is 3. The van der Waals surface area contributed by atoms with E-state index in [-0.39, 0.29) is 23.1 Å². The number of aromatic nitrogens is 1. The third-order valence-corrected chi connectivity index (χ3v) is 8.36. The van der Waals surface area contributed by atoms with Crippen LogP contribution in [0, 0.1) is 0 Å². The zero-order chi connectivity index (χ0) is 28.7. The van der Waals surface area contributed by atoms with E-state index in [1.54, 1.807) is 25.7 Å². The van der Waals surface area contributed by atoms with Crippen molar-refractivity contribution in [3.8, 4) is 0 Å². The number of ether oxygens (including phenoxy) is 1. The molecule has 1 aliphatic carbocycles. The first kappa shape index (κ1) is 27.7. The number of benzene rings is 2. The first-order chi connectivity index (χ1) is 19.0. The maximum Gasteiger partial charge on any atom is 0.408 e. The van der Waals surface area contributed by atoms with Crippen molar-refractivity contribution in [2.24, 2.45) is 0 Å². The van der Waals surface area contributed by atoms with Crippen molar-refractivity contribution in [2.75, 3.05) is 27.2 Å². The molecule has 0 radical (unpaired) electrons. The lowest BCUT2D eigenvalue weighted by molar-refractivity contribution is -0.135. The summed E-state index contributed by atoms with van der Waals surface area (Å²) < 4.78 is 5.52. The highest BCUT2D eigenvalue weighted by Gasteiger charge is 2.48. The minimum Gasteiger partial charge on any atom is -0.444 e. The van der Waals surface area contributed by atoms with Crippen molar-refractivity contribution in [1.82, 2.24) is 20.1 Å². The number of nitrogens with zero attached hydrogens (tertiary/aromatic N) is 2. The van der Waals surface area contributed by atoms with Crippen LogP contribution in [-0.2, 0) is 26.2 Å². The number of piperidine rings is 1. The molecule has 1 saturated heterocycles. The molecule has 212 valence electrons. The summed E-state index contributed by atoms with van der Waals surface area (Å²) in [6.07, 6.45) is 3.98. The van der Waals surface area contributed by atoms with Gasteiger partial charge in [0.15, 0.2) is 0 Å². The van der Waals surface area contributed by atoms with Gasteiger partial charge < -0.3 is 24.8 Å². The molecule has 3 amide bonds. The average molecular weight is 545 g/mol. The molecule has 0 bridgehead atoms. The van der Waals surface area contributed by atoms with Crippen LogP contribution in [0.4, 0.5) is 4.79 Å². The molecule has 2 unspecified atom stereocenters. The third-order valence-electron chi connectivity index (χ3n) is 8.36. The summed E-state index contributed by atoms with van der Waals surface area (Å²) in [5.41, 5.74) is 3.51. The fourth-order valence-corrected chi connectivity index (χ4v) is 6.45. The van der Waals surface area contributed by atoms with Crippen molar-refractivity contribution in [3.05, 3.63) is 71.4 Å². The first-order valence-electron chi connectivity index (χ1n) is 14.1. The number of aromatic amines is 1. The summed E-state index contributed by atoms with van der Waals surface area (Å²) in [6.45, 7) is 6.55. The van der Waals surface area contributed by atoms with E-state index in [2.05, 4.69) is 22.4 Å². The number of nitrogens with one attached hydrogen (secondary N) is 2. The number of hydrogen-bond donors (Lipinski definition) is 2. The Balaban J connectivity index is 1.35. The molecule has 1 aromatic heterocycles. The number of H-pyrrole nitrogens is 1. The molecule has 40 heavy (non-hydrogen) atoms. The molecular weight excluding hydrogens is 504 g/mol. The number of alkyl carbamates (subject to hydrolysis) is 1. The van der Waals surface area contributed by atoms with Crippen LogP contribution >= 0.6 is 0 Å². The number of likely N-dealkylation sites (tertiary alicyclic amines) is 1. The van der Waals surface area contributed by atoms with Crippen LogP contribution in [-0.4, -0.2) is 71.5 Å². The second kappa shape index (κ2) is 10.6. The minimum absolute atomic E-state index is 0.113. The normalized spacial score (nSPS) is 18.8. The Morgan fingerprint density at radius 2 is 1.75 bits per heavy atom. The highest BCUT2D eigenvalue weighted by atomic mass is 16.6. The van der Waals surface area contributed by atoms with E-state index in [1.807, 2.05) is 61.6 Å². The second-order valence-corrected chi connectivity index (χ2v) is 12.4. The van der Waals surface area contributed by atoms with Gasteiger partial charge in [0.05, 0.1) is 5.92 Å². The van der Waals surface area contributed by atoms with Crippen molar-refractivity contribution in [3.63, 3.8) is 0 Å². The Labute approximate surface area is 236 Å². The van der Waals surface area contributed by atoms with Gasteiger partial charge in [-0.1, -0.05) is 42.5 Å². The zero-order valence-electron chi connectivity index (χ0n) is 24.1. The monoisotopic (exact) mass is 544 g/mol. The maximum absolute atomic E-state index is 14.0. The summed E-state index contributed by atoms with van der Waals surface area (Å²) in [7, 11) is 3.62. The lowest BCUT2D eigenvalue weighted by Gasteiger charge is -2.41. The van der Waals surface area contributed by atoms with Gasteiger partial charge in [-0.2, -0.15) is 0 Å². The molecule has 2 aliphatic rings. The molecule has 1 spiro atoms. The predicted molar refractivity (Wildman–Crippen MR) is 155 cm³/mol. The van der Waals surface area contributed by atoms with Crippen LogP contribution in [0.15, 0.2) is 54.7 Å². The Morgan fingerprint density at radius 1 is 1.07 bits per heavy atom. The fourth-order valence-electron chi connectivity index (χ4n) is 6.45. The van der Waals surface area contributed by atoms with Crippen molar-refractivity contribution in [2.45, 2.75) is 69.4 Å². The van der Waals surface area contributed by atoms with Crippen LogP contribution in [0.3, 0.4) is 0 Å². The topological polar surface area (TPSA) is 94.7 Å². The molecule has 2 N–H and O–H groups in total. The number of fused-ring (bicyclic) bond motifs is 3. The number of amides is 3. The first-order valence-corrected chi connectivity index (χ1v) is 14.1. The van der Waals surface area contributed by atoms with E-state index in [0.717, 1.165) is 41.3 Å². The molecule has 5 rings (SSSR count). The largest absolute Gasteiger partial charge is 0.444 e. The highest BCUT2D eigenvalue weighted by Crippen LogP contribution is 2.52. The smallest absolute Gasteiger partial charge is 0.408 e. The van der Waals surface area contributed by atoms with Gasteiger partial charge in [0.2, 0.25) is 11.8 Å². The molecule has 1 fully saturated rings. The summed E-state index contributed by atoms with van der Waals surface area (Å²) in [5, 5.41) is 3.90. The second-order valence-electron chi connectivity index (χ2n) is 12.4. The number of rotatable bonds is 5. The standard InChI is InChI=1S/C32H40N4O4/c1-31(2,3)40-30(39)34-27(18-21-20-33-26-13-9-7-10-22(21)26)29(38)36-16-14-32(15-17-36)19-24(28(37)35(4)5)23-11-6-8-12-25(23)32/h6-13,20,24,27,33H,14-19H2,1-5H3,(H,34,39). The number of para-hydroxylation sites is 1. The SMILES string of the molecule is CN(C)C(=O)C1CC2(CCN(C(=O)C(Cc3c[nH]c4ccccc34)NC(=O)OC(C)(C)C)CC2)c2ccccc21. The van der Waals surface area contributed by atoms with Crippen molar-refractivity contribution >= 4 is 28.8 Å². The third kappa shape index (κ3) is 5.44. The van der Waals surface area contributed by atoms with Gasteiger partial charge in [-0.25, -0.2) is 4.79 Å². The molecule has 2 aromatic carbocycles. The van der Waals surface area contributed by atoms with Crippen LogP contribution in [0.1, 0.15) is 62.6 Å². The van der Waals surface area contributed by atoms with Crippen molar-refractivity contribution < 1.29 is 19.1 Å². The zero-order valence-corrected chi connectivity index (χ0v) is 24.1. The van der Waals surface area contributed by atoms with Gasteiger partial charge in [0.25, 0.3) is 0 Å². The van der Waals surface area contributed by atoms with Gasteiger partial charge in [0, 0.05) is 56.1 Å². The summed E-state index contributed by atoms with van der Waals surface area (Å²) in [5.74, 6) is -0.140. The molecule has 8 heteroatoms. The summed E-state index contributed by atoms with van der Waals surface area (Å²) >= 11 is 0. The molecule has 8 nitrogen and oxygen atoms in total. The van der Waals surface area contributed by atoms with E-state index < -0.39 is 17.7 Å². The lowest BCUT2D eigenvalue weighted by Crippen LogP contribution is -2.54. The van der Waals surface area contributed by atoms with Gasteiger partial charge in [-0.05, 0) is 62.8 Å². The summed E-state index contributed by atoms with van der Waals surface area (Å²) in [6, 6.07) is 15.5. The fraction of sp³-hybridized carbons (Fsp3) is 0.469. The molecule has 2 atom stereocenters. The Morgan fingerprint density at radius 3 is 2.45 bits per heavy atom. The van der Waals surface area contributed by atoms with Gasteiger partial charge >= 0.3 is 6.09 Å². The van der Waals surface area contributed by atoms with Crippen LogP contribution in [0.2, 0.25) is 0 Å². The lowest BCUT2D eigenvalue weighted by atomic mass is 9.73. The van der Waals surface area contributed by atoms with Gasteiger partial charge in [-0.15, -0.1) is 0 Å². The molecule has 0 saturated carbocycles. The molecule has 2 heterocycles. The van der Waals surface area contributed by atoms with E-state index in [9.17, 15) is 14.4 Å². The minimum atomic E-state index is -0.762. The predicted octanol–water partition coefficient (Wildman–Crippen LogP) is 4.74. The quantitative estimate of drug-likeness (QED) is 0.485. The Kier molecular flexibility index (Phi) is 7.38.